The van der Waals surface area contributed by atoms with Crippen LogP contribution in [0, 0.1) is 17.3 Å². The summed E-state index contributed by atoms with van der Waals surface area (Å²) < 4.78 is 5.90. The number of fused-ring (bicyclic) bond motifs is 1. The van der Waals surface area contributed by atoms with E-state index < -0.39 is 0 Å². The molecule has 1 heteroatoms. The summed E-state index contributed by atoms with van der Waals surface area (Å²) in [6.07, 6.45) is 6.15. The Hall–Kier alpha value is -0.0400. The van der Waals surface area contributed by atoms with Crippen molar-refractivity contribution in [2.24, 2.45) is 17.3 Å². The lowest BCUT2D eigenvalue weighted by Gasteiger charge is -2.34. The second kappa shape index (κ2) is 3.27. The Kier molecular flexibility index (Phi) is 2.39. The van der Waals surface area contributed by atoms with Crippen LogP contribution in [0.3, 0.4) is 0 Å². The summed E-state index contributed by atoms with van der Waals surface area (Å²) in [4.78, 5) is 0. The van der Waals surface area contributed by atoms with Crippen molar-refractivity contribution in [3.05, 3.63) is 0 Å². The van der Waals surface area contributed by atoms with Gasteiger partial charge in [0.25, 0.3) is 0 Å². The van der Waals surface area contributed by atoms with Gasteiger partial charge in [-0.3, -0.25) is 0 Å². The van der Waals surface area contributed by atoms with Crippen LogP contribution in [-0.4, -0.2) is 12.7 Å². The fourth-order valence-electron chi connectivity index (χ4n) is 3.04. The molecule has 2 aliphatic rings. The molecule has 1 saturated heterocycles. The van der Waals surface area contributed by atoms with Gasteiger partial charge in [0.05, 0.1) is 12.7 Å². The fourth-order valence-corrected chi connectivity index (χ4v) is 3.04. The molecular weight excluding hydrogens is 160 g/mol. The van der Waals surface area contributed by atoms with E-state index >= 15 is 0 Å². The minimum Gasteiger partial charge on any atom is -0.378 e. The van der Waals surface area contributed by atoms with E-state index in [1.807, 2.05) is 0 Å². The second-order valence-electron chi connectivity index (χ2n) is 5.79. The van der Waals surface area contributed by atoms with Crippen molar-refractivity contribution >= 4 is 0 Å². The molecule has 0 spiro atoms. The molecule has 1 saturated carbocycles. The summed E-state index contributed by atoms with van der Waals surface area (Å²) in [5.74, 6) is 1.67. The lowest BCUT2D eigenvalue weighted by Crippen LogP contribution is -2.31. The molecular formula is C12H22O. The van der Waals surface area contributed by atoms with Crippen LogP contribution in [-0.2, 0) is 4.74 Å². The lowest BCUT2D eigenvalue weighted by atomic mass is 9.69. The SMILES string of the molecule is CC(C)(C)C1COC2CCCCC21. The smallest absolute Gasteiger partial charge is 0.0607 e. The zero-order valence-electron chi connectivity index (χ0n) is 9.18. The van der Waals surface area contributed by atoms with E-state index in [-0.39, 0.29) is 0 Å². The molecule has 0 aromatic rings. The van der Waals surface area contributed by atoms with Crippen LogP contribution in [0.4, 0.5) is 0 Å². The minimum atomic E-state index is 0.441. The third-order valence-corrected chi connectivity index (χ3v) is 3.87. The van der Waals surface area contributed by atoms with Crippen LogP contribution >= 0.6 is 0 Å². The maximum atomic E-state index is 5.90. The van der Waals surface area contributed by atoms with Crippen molar-refractivity contribution in [2.75, 3.05) is 6.61 Å². The van der Waals surface area contributed by atoms with Crippen LogP contribution in [0.2, 0.25) is 0 Å². The fraction of sp³-hybridized carbons (Fsp3) is 1.00. The molecule has 3 unspecified atom stereocenters. The highest BCUT2D eigenvalue weighted by molar-refractivity contribution is 4.91. The van der Waals surface area contributed by atoms with Crippen LogP contribution in [0.15, 0.2) is 0 Å². The van der Waals surface area contributed by atoms with Crippen LogP contribution in [0.5, 0.6) is 0 Å². The average Bonchev–Trinajstić information content (AvgIpc) is 2.45. The normalized spacial score (nSPS) is 40.4. The molecule has 2 fully saturated rings. The molecule has 3 atom stereocenters. The zero-order chi connectivity index (χ0) is 9.47. The van der Waals surface area contributed by atoms with Gasteiger partial charge in [0.1, 0.15) is 0 Å². The van der Waals surface area contributed by atoms with Crippen molar-refractivity contribution in [3.8, 4) is 0 Å². The van der Waals surface area contributed by atoms with Crippen LogP contribution in [0.1, 0.15) is 46.5 Å². The molecule has 2 rings (SSSR count). The third-order valence-electron chi connectivity index (χ3n) is 3.87. The van der Waals surface area contributed by atoms with Gasteiger partial charge in [-0.1, -0.05) is 33.6 Å². The van der Waals surface area contributed by atoms with Crippen molar-refractivity contribution < 1.29 is 4.74 Å². The van der Waals surface area contributed by atoms with Crippen LogP contribution < -0.4 is 0 Å². The van der Waals surface area contributed by atoms with Crippen molar-refractivity contribution in [1.29, 1.82) is 0 Å². The number of hydrogen-bond donors (Lipinski definition) is 0. The average molecular weight is 182 g/mol. The highest BCUT2D eigenvalue weighted by atomic mass is 16.5. The molecule has 0 radical (unpaired) electrons. The quantitative estimate of drug-likeness (QED) is 0.559. The first-order valence-electron chi connectivity index (χ1n) is 5.70. The van der Waals surface area contributed by atoms with E-state index in [1.165, 1.54) is 25.7 Å². The predicted molar refractivity (Wildman–Crippen MR) is 54.6 cm³/mol. The summed E-state index contributed by atoms with van der Waals surface area (Å²) in [5, 5.41) is 0. The first-order valence-corrected chi connectivity index (χ1v) is 5.70. The Balaban J connectivity index is 2.07. The molecule has 1 heterocycles. The van der Waals surface area contributed by atoms with Crippen molar-refractivity contribution in [1.82, 2.24) is 0 Å². The summed E-state index contributed by atoms with van der Waals surface area (Å²) in [7, 11) is 0. The number of rotatable bonds is 0. The Labute approximate surface area is 81.9 Å². The highest BCUT2D eigenvalue weighted by Crippen LogP contribution is 2.45. The summed E-state index contributed by atoms with van der Waals surface area (Å²) >= 11 is 0. The molecule has 0 amide bonds. The Morgan fingerprint density at radius 3 is 2.46 bits per heavy atom. The van der Waals surface area contributed by atoms with Gasteiger partial charge in [-0.15, -0.1) is 0 Å². The maximum absolute atomic E-state index is 5.90. The summed E-state index contributed by atoms with van der Waals surface area (Å²) in [6, 6.07) is 0. The second-order valence-corrected chi connectivity index (χ2v) is 5.79. The summed E-state index contributed by atoms with van der Waals surface area (Å²) in [6.45, 7) is 8.09. The molecule has 1 aliphatic heterocycles. The standard InChI is InChI=1S/C12H22O/c1-12(2,3)10-8-13-11-7-5-4-6-9(10)11/h9-11H,4-8H2,1-3H3. The Bertz CT molecular complexity index is 180. The van der Waals surface area contributed by atoms with Crippen molar-refractivity contribution in [2.45, 2.75) is 52.6 Å². The Morgan fingerprint density at radius 1 is 1.08 bits per heavy atom. The van der Waals surface area contributed by atoms with Gasteiger partial charge in [0.15, 0.2) is 0 Å². The van der Waals surface area contributed by atoms with Gasteiger partial charge in [0, 0.05) is 0 Å². The van der Waals surface area contributed by atoms with E-state index in [0.717, 1.165) is 18.4 Å². The first-order chi connectivity index (χ1) is 6.09. The van der Waals surface area contributed by atoms with Gasteiger partial charge in [0.2, 0.25) is 0 Å². The van der Waals surface area contributed by atoms with Gasteiger partial charge < -0.3 is 4.74 Å². The number of ether oxygens (including phenoxy) is 1. The molecule has 0 bridgehead atoms. The van der Waals surface area contributed by atoms with E-state index in [2.05, 4.69) is 20.8 Å². The monoisotopic (exact) mass is 182 g/mol. The topological polar surface area (TPSA) is 9.23 Å². The first kappa shape index (κ1) is 9.51. The predicted octanol–water partition coefficient (Wildman–Crippen LogP) is 3.24. The van der Waals surface area contributed by atoms with E-state index in [9.17, 15) is 0 Å². The number of hydrogen-bond acceptors (Lipinski definition) is 1. The van der Waals surface area contributed by atoms with E-state index in [4.69, 9.17) is 4.74 Å². The third kappa shape index (κ3) is 1.76. The molecule has 76 valence electrons. The van der Waals surface area contributed by atoms with Crippen LogP contribution in [0.25, 0.3) is 0 Å². The summed E-state index contributed by atoms with van der Waals surface area (Å²) in [5.41, 5.74) is 0.441. The van der Waals surface area contributed by atoms with Crippen molar-refractivity contribution in [3.63, 3.8) is 0 Å². The van der Waals surface area contributed by atoms with Gasteiger partial charge >= 0.3 is 0 Å². The highest BCUT2D eigenvalue weighted by Gasteiger charge is 2.43. The minimum absolute atomic E-state index is 0.441. The molecule has 1 nitrogen and oxygen atoms in total. The largest absolute Gasteiger partial charge is 0.378 e. The van der Waals surface area contributed by atoms with Gasteiger partial charge in [-0.25, -0.2) is 0 Å². The molecule has 0 aromatic heterocycles. The molecule has 0 N–H and O–H groups in total. The van der Waals surface area contributed by atoms with Gasteiger partial charge in [-0.2, -0.15) is 0 Å². The Morgan fingerprint density at radius 2 is 1.77 bits per heavy atom. The maximum Gasteiger partial charge on any atom is 0.0607 e. The molecule has 1 aliphatic carbocycles. The molecule has 13 heavy (non-hydrogen) atoms. The zero-order valence-corrected chi connectivity index (χ0v) is 9.18. The molecule has 0 aromatic carbocycles. The lowest BCUT2D eigenvalue weighted by molar-refractivity contribution is 0.0662. The van der Waals surface area contributed by atoms with E-state index in [1.54, 1.807) is 0 Å². The van der Waals surface area contributed by atoms with Gasteiger partial charge in [-0.05, 0) is 30.1 Å². The van der Waals surface area contributed by atoms with E-state index in [0.29, 0.717) is 11.5 Å².